The summed E-state index contributed by atoms with van der Waals surface area (Å²) in [5.74, 6) is -2.28. The molecule has 0 unspecified atom stereocenters. The smallest absolute Gasteiger partial charge is 0.303 e. The summed E-state index contributed by atoms with van der Waals surface area (Å²) in [5, 5.41) is 20.0. The Kier molecular flexibility index (Phi) is 21.6. The number of thiophene rings is 1. The van der Waals surface area contributed by atoms with Gasteiger partial charge in [-0.05, 0) is 36.8 Å². The molecule has 2 rings (SSSR count). The molecular formula is C29H44N3O8S2-. The third-order valence-electron chi connectivity index (χ3n) is 5.47. The van der Waals surface area contributed by atoms with E-state index in [0.29, 0.717) is 11.3 Å². The van der Waals surface area contributed by atoms with Gasteiger partial charge in [-0.2, -0.15) is 11.0 Å². The van der Waals surface area contributed by atoms with Gasteiger partial charge in [0.1, 0.15) is 5.56 Å². The van der Waals surface area contributed by atoms with Crippen LogP contribution in [0, 0.1) is 6.92 Å². The number of Topliss-reactive ketones (excluding diaryl/α,β-unsaturated/α-hetero) is 1. The molecule has 0 atom stereocenters. The van der Waals surface area contributed by atoms with E-state index in [9.17, 15) is 32.7 Å². The molecule has 0 saturated carbocycles. The molecule has 2 aromatic rings. The van der Waals surface area contributed by atoms with Gasteiger partial charge in [0, 0.05) is 18.5 Å². The maximum atomic E-state index is 12.0. The number of carboxylic acid groups (broad SMARTS) is 2. The topological polar surface area (TPSA) is 174 Å². The number of carboxylic acids is 2. The summed E-state index contributed by atoms with van der Waals surface area (Å²) < 4.78 is 23.4. The first-order valence-electron chi connectivity index (χ1n) is 13.9. The van der Waals surface area contributed by atoms with Gasteiger partial charge in [0.2, 0.25) is 22.4 Å². The molecular weight excluding hydrogens is 582 g/mol. The number of hydrogen-bond donors (Lipinski definition) is 3. The number of carbonyl (C=O) groups excluding carboxylic acids is 3. The number of unbranched alkanes of at least 4 members (excludes halogenated alkanes) is 8. The second-order valence-electron chi connectivity index (χ2n) is 9.44. The molecule has 11 nitrogen and oxygen atoms in total. The van der Waals surface area contributed by atoms with Crippen LogP contribution in [0.1, 0.15) is 104 Å². The average Bonchev–Trinajstić information content (AvgIpc) is 3.47. The second kappa shape index (κ2) is 23.4. The summed E-state index contributed by atoms with van der Waals surface area (Å²) in [4.78, 5) is 46.3. The molecule has 13 heteroatoms. The van der Waals surface area contributed by atoms with Crippen molar-refractivity contribution >= 4 is 45.0 Å². The van der Waals surface area contributed by atoms with Crippen molar-refractivity contribution in [3.05, 3.63) is 59.4 Å². The molecule has 0 fully saturated rings. The Morgan fingerprint density at radius 3 is 2.17 bits per heavy atom. The van der Waals surface area contributed by atoms with Gasteiger partial charge in [-0.3, -0.25) is 19.8 Å². The monoisotopic (exact) mass is 626 g/mol. The highest BCUT2D eigenvalue weighted by atomic mass is 32.2. The molecule has 0 aliphatic carbocycles. The first-order chi connectivity index (χ1) is 19.9. The molecule has 2 aromatic heterocycles. The summed E-state index contributed by atoms with van der Waals surface area (Å²) in [6, 6.07) is 6.66. The van der Waals surface area contributed by atoms with Gasteiger partial charge in [0.05, 0.1) is 11.1 Å². The first-order valence-corrected chi connectivity index (χ1v) is 16.7. The van der Waals surface area contributed by atoms with E-state index in [2.05, 4.69) is 19.3 Å². The number of rotatable bonds is 18. The Morgan fingerprint density at radius 2 is 1.62 bits per heavy atom. The fourth-order valence-electron chi connectivity index (χ4n) is 3.33. The van der Waals surface area contributed by atoms with Crippen LogP contribution in [0.4, 0.5) is 0 Å². The Balaban J connectivity index is 0.000000702. The number of aliphatic carboxylic acids is 2. The number of nitrogens with one attached hydrogen (secondary N) is 2. The van der Waals surface area contributed by atoms with Gasteiger partial charge < -0.3 is 21.9 Å². The van der Waals surface area contributed by atoms with E-state index in [1.54, 1.807) is 29.0 Å². The maximum absolute atomic E-state index is 12.0. The standard InChI is InChI=1S/C13H13N3O4S2.C8H16O2.C8H15O2/c1-22(19,20)15-14-13(18)10-4-2-6-16(8-10)9-11(17)12-5-3-7-21-12;2*1-2-3-4-5-6-7-8(9)10/h2-8,15H,9H2,1H3;2-7H2,1H3,(H,9,10);1-7H2,(H,9,10)/q;;-1. The number of hydrogen-bond acceptors (Lipinski definition) is 8. The Hall–Kier alpha value is -3.16. The highest BCUT2D eigenvalue weighted by molar-refractivity contribution is 7.88. The van der Waals surface area contributed by atoms with E-state index in [1.165, 1.54) is 36.4 Å². The molecule has 0 aromatic carbocycles. The van der Waals surface area contributed by atoms with Crippen LogP contribution in [0.3, 0.4) is 0 Å². The van der Waals surface area contributed by atoms with Crippen molar-refractivity contribution in [1.82, 2.24) is 10.3 Å². The molecule has 42 heavy (non-hydrogen) atoms. The van der Waals surface area contributed by atoms with E-state index in [-0.39, 0.29) is 24.3 Å². The summed E-state index contributed by atoms with van der Waals surface area (Å²) in [7, 11) is -3.53. The van der Waals surface area contributed by atoms with Gasteiger partial charge in [-0.1, -0.05) is 57.9 Å². The molecule has 1 amide bonds. The lowest BCUT2D eigenvalue weighted by Gasteiger charge is -2.04. The van der Waals surface area contributed by atoms with Crippen LogP contribution in [0.5, 0.6) is 0 Å². The Bertz CT molecular complexity index is 1150. The summed E-state index contributed by atoms with van der Waals surface area (Å²) in [6.45, 7) is 5.94. The minimum absolute atomic E-state index is 0.0631. The fourth-order valence-corrected chi connectivity index (χ4v) is 4.26. The minimum atomic E-state index is -3.53. The van der Waals surface area contributed by atoms with Crippen LogP contribution in [0.2, 0.25) is 0 Å². The predicted molar refractivity (Wildman–Crippen MR) is 160 cm³/mol. The minimum Gasteiger partial charge on any atom is -0.550 e. The number of amides is 1. The number of nitrogens with zero attached hydrogens (tertiary/aromatic N) is 1. The number of hydrazine groups is 1. The highest BCUT2D eigenvalue weighted by Crippen LogP contribution is 2.09. The molecule has 2 heterocycles. The van der Waals surface area contributed by atoms with Crippen molar-refractivity contribution in [2.45, 2.75) is 90.5 Å². The van der Waals surface area contributed by atoms with Gasteiger partial charge >= 0.3 is 5.97 Å². The molecule has 0 radical (unpaired) electrons. The van der Waals surface area contributed by atoms with E-state index in [0.717, 1.165) is 57.6 Å². The second-order valence-corrected chi connectivity index (χ2v) is 12.1. The zero-order chi connectivity index (χ0) is 31.8. The molecule has 0 aliphatic rings. The van der Waals surface area contributed by atoms with Crippen LogP contribution >= 0.6 is 11.3 Å². The van der Waals surface area contributed by atoms with Crippen molar-refractivity contribution in [3.8, 4) is 0 Å². The summed E-state index contributed by atoms with van der Waals surface area (Å²) in [6.07, 6.45) is 15.0. The molecule has 3 N–H and O–H groups in total. The molecule has 0 aliphatic heterocycles. The number of aromatic nitrogens is 1. The predicted octanol–water partition coefficient (Wildman–Crippen LogP) is 3.45. The molecule has 236 valence electrons. The zero-order valence-corrected chi connectivity index (χ0v) is 26.1. The lowest BCUT2D eigenvalue weighted by Crippen LogP contribution is -2.43. The highest BCUT2D eigenvalue weighted by Gasteiger charge is 2.16. The Morgan fingerprint density at radius 1 is 0.976 bits per heavy atom. The number of carbonyl (C=O) groups is 4. The van der Waals surface area contributed by atoms with Gasteiger partial charge in [-0.25, -0.2) is 8.42 Å². The van der Waals surface area contributed by atoms with Gasteiger partial charge in [0.25, 0.3) is 5.91 Å². The van der Waals surface area contributed by atoms with Crippen LogP contribution in [0.15, 0.2) is 42.0 Å². The third-order valence-corrected chi connectivity index (χ3v) is 6.85. The van der Waals surface area contributed by atoms with E-state index in [1.807, 2.05) is 10.2 Å². The van der Waals surface area contributed by atoms with Gasteiger partial charge in [-0.15, -0.1) is 16.2 Å². The van der Waals surface area contributed by atoms with Crippen molar-refractivity contribution in [2.75, 3.05) is 6.26 Å². The van der Waals surface area contributed by atoms with Crippen molar-refractivity contribution < 1.29 is 42.4 Å². The van der Waals surface area contributed by atoms with E-state index < -0.39 is 27.9 Å². The quantitative estimate of drug-likeness (QED) is 0.0742. The summed E-state index contributed by atoms with van der Waals surface area (Å²) in [5.41, 5.74) is 2.31. The van der Waals surface area contributed by atoms with Crippen LogP contribution in [-0.2, 0) is 26.2 Å². The zero-order valence-electron chi connectivity index (χ0n) is 24.5. The maximum Gasteiger partial charge on any atom is 0.303 e. The lowest BCUT2D eigenvalue weighted by molar-refractivity contribution is -0.683. The third kappa shape index (κ3) is 22.5. The first kappa shape index (κ1) is 38.8. The van der Waals surface area contributed by atoms with Gasteiger partial charge in [0.15, 0.2) is 12.4 Å². The van der Waals surface area contributed by atoms with Crippen molar-refractivity contribution in [3.63, 3.8) is 0 Å². The van der Waals surface area contributed by atoms with E-state index >= 15 is 0 Å². The fraction of sp³-hybridized carbons (Fsp3) is 0.517. The van der Waals surface area contributed by atoms with Crippen LogP contribution in [-0.4, -0.2) is 43.4 Å². The summed E-state index contributed by atoms with van der Waals surface area (Å²) >= 11 is 1.35. The van der Waals surface area contributed by atoms with Crippen LogP contribution in [0.25, 0.3) is 0 Å². The Labute approximate surface area is 253 Å². The molecule has 0 saturated heterocycles. The van der Waals surface area contributed by atoms with E-state index in [4.69, 9.17) is 5.11 Å². The SMILES string of the molecule is CCCCCCCC(=O)[O-].CS(=O)(=O)NNC(=O)c1ccc[n+](CC(=O)c2cccs2)c1.[CH2-]CCCCCCC(=O)O. The lowest BCUT2D eigenvalue weighted by atomic mass is 10.1. The van der Waals surface area contributed by atoms with Crippen LogP contribution < -0.4 is 19.9 Å². The number of ketones is 1. The largest absolute Gasteiger partial charge is 0.550 e. The molecule has 0 spiro atoms. The van der Waals surface area contributed by atoms with Crippen molar-refractivity contribution in [2.24, 2.45) is 0 Å². The number of sulfonamides is 1. The normalized spacial score (nSPS) is 10.5. The van der Waals surface area contributed by atoms with Crippen molar-refractivity contribution in [1.29, 1.82) is 0 Å². The number of pyridine rings is 1. The average molecular weight is 627 g/mol. The molecule has 0 bridgehead atoms.